The minimum Gasteiger partial charge on any atom is -0.392 e. The molecule has 4 nitrogen and oxygen atoms in total. The summed E-state index contributed by atoms with van der Waals surface area (Å²) in [6.45, 7) is 9.25. The lowest BCUT2D eigenvalue weighted by Gasteiger charge is -2.57. The van der Waals surface area contributed by atoms with Gasteiger partial charge in [-0.15, -0.1) is 0 Å². The van der Waals surface area contributed by atoms with E-state index in [4.69, 9.17) is 4.74 Å². The maximum Gasteiger partial charge on any atom is 0.128 e. The van der Waals surface area contributed by atoms with Gasteiger partial charge in [-0.2, -0.15) is 0 Å². The molecule has 0 spiro atoms. The molecule has 7 atom stereocenters. The van der Waals surface area contributed by atoms with E-state index in [1.165, 1.54) is 24.8 Å². The highest BCUT2D eigenvalue weighted by Crippen LogP contribution is 2.63. The van der Waals surface area contributed by atoms with Crippen molar-refractivity contribution in [1.82, 2.24) is 0 Å². The molecule has 3 N–H and O–H groups in total. The molecule has 0 bridgehead atoms. The fourth-order valence-corrected chi connectivity index (χ4v) is 6.69. The first-order valence-electron chi connectivity index (χ1n) is 10.2. The summed E-state index contributed by atoms with van der Waals surface area (Å²) in [5.74, 6) is 0.997. The van der Waals surface area contributed by atoms with Crippen molar-refractivity contribution in [2.75, 3.05) is 6.61 Å². The second-order valence-corrected chi connectivity index (χ2v) is 10.1. The van der Waals surface area contributed by atoms with Gasteiger partial charge < -0.3 is 20.1 Å². The summed E-state index contributed by atoms with van der Waals surface area (Å²) >= 11 is 0. The van der Waals surface area contributed by atoms with Crippen LogP contribution in [-0.4, -0.2) is 45.8 Å². The van der Waals surface area contributed by atoms with Crippen LogP contribution >= 0.6 is 0 Å². The molecule has 4 aliphatic rings. The lowest BCUT2D eigenvalue weighted by molar-refractivity contribution is -0.0506. The third kappa shape index (κ3) is 2.49. The second kappa shape index (κ2) is 5.91. The predicted molar refractivity (Wildman–Crippen MR) is 100 cm³/mol. The van der Waals surface area contributed by atoms with Gasteiger partial charge in [0.1, 0.15) is 23.9 Å². The molecule has 4 rings (SSSR count). The molecule has 146 valence electrons. The van der Waals surface area contributed by atoms with Gasteiger partial charge in [0.2, 0.25) is 0 Å². The molecule has 0 aromatic carbocycles. The van der Waals surface area contributed by atoms with Gasteiger partial charge in [-0.1, -0.05) is 38.8 Å². The van der Waals surface area contributed by atoms with E-state index in [9.17, 15) is 15.3 Å². The third-order valence-corrected chi connectivity index (χ3v) is 8.31. The van der Waals surface area contributed by atoms with Crippen molar-refractivity contribution in [3.8, 4) is 0 Å². The first-order valence-corrected chi connectivity index (χ1v) is 10.2. The van der Waals surface area contributed by atoms with Crippen LogP contribution in [-0.2, 0) is 4.74 Å². The van der Waals surface area contributed by atoms with E-state index in [0.29, 0.717) is 22.8 Å². The van der Waals surface area contributed by atoms with Crippen molar-refractivity contribution < 1.29 is 20.1 Å². The van der Waals surface area contributed by atoms with E-state index < -0.39 is 23.9 Å². The van der Waals surface area contributed by atoms with Crippen LogP contribution < -0.4 is 0 Å². The summed E-state index contributed by atoms with van der Waals surface area (Å²) in [7, 11) is 0. The summed E-state index contributed by atoms with van der Waals surface area (Å²) in [6.07, 6.45) is 7.70. The maximum atomic E-state index is 10.7. The lowest BCUT2D eigenvalue weighted by Crippen LogP contribution is -2.51. The molecule has 3 aliphatic carbocycles. The average molecular weight is 363 g/mol. The zero-order valence-electron chi connectivity index (χ0n) is 16.5. The maximum absolute atomic E-state index is 10.7. The molecule has 1 heterocycles. The fourth-order valence-electron chi connectivity index (χ4n) is 6.69. The topological polar surface area (TPSA) is 73.2 Å². The predicted octanol–water partition coefficient (Wildman–Crippen LogP) is 2.97. The number of fused-ring (bicyclic) bond motifs is 2. The number of hydrogen-bond donors (Lipinski definition) is 3. The summed E-state index contributed by atoms with van der Waals surface area (Å²) in [5, 5.41) is 30.6. The quantitative estimate of drug-likeness (QED) is 0.533. The second-order valence-electron chi connectivity index (χ2n) is 10.1. The monoisotopic (exact) mass is 362 g/mol. The van der Waals surface area contributed by atoms with E-state index in [-0.39, 0.29) is 12.0 Å². The molecule has 2 fully saturated rings. The number of hydrogen-bond acceptors (Lipinski definition) is 4. The van der Waals surface area contributed by atoms with E-state index in [1.807, 2.05) is 0 Å². The first-order chi connectivity index (χ1) is 12.2. The summed E-state index contributed by atoms with van der Waals surface area (Å²) in [4.78, 5) is 0. The summed E-state index contributed by atoms with van der Waals surface area (Å²) in [5.41, 5.74) is 1.73. The Morgan fingerprint density at radius 3 is 2.62 bits per heavy atom. The SMILES string of the molecule is CC1=CC[C@@H]2C(C)(C)CCC[C@@]2(C)[C@@H]1C[C@]12O[C@H]1[C@@H](O)C(CO)=C[C@H]2O. The van der Waals surface area contributed by atoms with Crippen molar-refractivity contribution in [2.24, 2.45) is 22.7 Å². The standard InChI is InChI=1S/C22H34O4/c1-13-6-7-16-20(2,3)8-5-9-21(16,4)15(13)11-22-17(24)10-14(12-23)18(25)19(22)26-22/h6,10,15-19,23-25H,5,7-9,11-12H2,1-4H3/t15-,16-,17-,18+,19+,21+,22-/m1/s1. The van der Waals surface area contributed by atoms with Crippen LogP contribution in [0, 0.1) is 22.7 Å². The molecule has 0 aromatic rings. The van der Waals surface area contributed by atoms with Crippen LogP contribution in [0.2, 0.25) is 0 Å². The number of allylic oxidation sites excluding steroid dienone is 2. The summed E-state index contributed by atoms with van der Waals surface area (Å²) < 4.78 is 5.96. The van der Waals surface area contributed by atoms with Gasteiger partial charge in [-0.25, -0.2) is 0 Å². The summed E-state index contributed by atoms with van der Waals surface area (Å²) in [6, 6.07) is 0. The third-order valence-electron chi connectivity index (χ3n) is 8.31. The van der Waals surface area contributed by atoms with Crippen LogP contribution in [0.15, 0.2) is 23.3 Å². The number of epoxide rings is 1. The number of rotatable bonds is 3. The van der Waals surface area contributed by atoms with E-state index in [1.54, 1.807) is 6.08 Å². The molecular formula is C22H34O4. The Morgan fingerprint density at radius 1 is 1.19 bits per heavy atom. The highest BCUT2D eigenvalue weighted by molar-refractivity contribution is 5.33. The van der Waals surface area contributed by atoms with Gasteiger partial charge in [0, 0.05) is 0 Å². The van der Waals surface area contributed by atoms with Gasteiger partial charge in [-0.3, -0.25) is 0 Å². The van der Waals surface area contributed by atoms with Gasteiger partial charge in [-0.05, 0) is 66.9 Å². The highest BCUT2D eigenvalue weighted by Gasteiger charge is 2.68. The van der Waals surface area contributed by atoms with E-state index >= 15 is 0 Å². The Hall–Kier alpha value is -0.680. The Labute approximate surface area is 156 Å². The fraction of sp³-hybridized carbons (Fsp3) is 0.818. The molecule has 0 radical (unpaired) electrons. The molecule has 4 heteroatoms. The Bertz CT molecular complexity index is 651. The van der Waals surface area contributed by atoms with Crippen molar-refractivity contribution in [3.63, 3.8) is 0 Å². The zero-order chi connectivity index (χ0) is 18.9. The molecule has 26 heavy (non-hydrogen) atoms. The molecular weight excluding hydrogens is 328 g/mol. The minimum atomic E-state index is -0.803. The van der Waals surface area contributed by atoms with Crippen LogP contribution in [0.4, 0.5) is 0 Å². The molecule has 0 unspecified atom stereocenters. The number of aliphatic hydroxyl groups excluding tert-OH is 3. The van der Waals surface area contributed by atoms with Crippen LogP contribution in [0.25, 0.3) is 0 Å². The molecule has 0 aromatic heterocycles. The van der Waals surface area contributed by atoms with E-state index in [2.05, 4.69) is 33.8 Å². The largest absolute Gasteiger partial charge is 0.392 e. The van der Waals surface area contributed by atoms with Gasteiger partial charge in [0.15, 0.2) is 0 Å². The molecule has 1 aliphatic heterocycles. The van der Waals surface area contributed by atoms with Crippen LogP contribution in [0.3, 0.4) is 0 Å². The van der Waals surface area contributed by atoms with Crippen molar-refractivity contribution in [1.29, 1.82) is 0 Å². The van der Waals surface area contributed by atoms with Gasteiger partial charge >= 0.3 is 0 Å². The lowest BCUT2D eigenvalue weighted by atomic mass is 9.47. The van der Waals surface area contributed by atoms with E-state index in [0.717, 1.165) is 12.8 Å². The number of ether oxygens (including phenoxy) is 1. The van der Waals surface area contributed by atoms with Gasteiger partial charge in [0.05, 0.1) is 6.61 Å². The average Bonchev–Trinajstić information content (AvgIpc) is 3.30. The smallest absolute Gasteiger partial charge is 0.128 e. The van der Waals surface area contributed by atoms with Crippen molar-refractivity contribution in [2.45, 2.75) is 83.7 Å². The van der Waals surface area contributed by atoms with Crippen molar-refractivity contribution in [3.05, 3.63) is 23.3 Å². The molecule has 1 saturated carbocycles. The number of aliphatic hydroxyl groups is 3. The Morgan fingerprint density at radius 2 is 1.92 bits per heavy atom. The molecule has 0 amide bonds. The zero-order valence-corrected chi connectivity index (χ0v) is 16.5. The van der Waals surface area contributed by atoms with Crippen LogP contribution in [0.5, 0.6) is 0 Å². The normalized spacial score (nSPS) is 49.6. The first kappa shape index (κ1) is 18.7. The Kier molecular flexibility index (Phi) is 4.24. The van der Waals surface area contributed by atoms with Gasteiger partial charge in [0.25, 0.3) is 0 Å². The Balaban J connectivity index is 1.65. The minimum absolute atomic E-state index is 0.206. The van der Waals surface area contributed by atoms with Crippen LogP contribution in [0.1, 0.15) is 59.8 Å². The molecule has 1 saturated heterocycles. The van der Waals surface area contributed by atoms with Crippen molar-refractivity contribution >= 4 is 0 Å². The highest BCUT2D eigenvalue weighted by atomic mass is 16.6.